The molecule has 30 heavy (non-hydrogen) atoms. The minimum Gasteiger partial charge on any atom is -0.325 e. The molecule has 2 aromatic carbocycles. The van der Waals surface area contributed by atoms with Gasteiger partial charge < -0.3 is 10.6 Å². The lowest BCUT2D eigenvalue weighted by atomic mass is 10.0. The van der Waals surface area contributed by atoms with Crippen LogP contribution in [0.5, 0.6) is 0 Å². The number of hydrogen-bond acceptors (Lipinski definition) is 5. The van der Waals surface area contributed by atoms with E-state index in [-0.39, 0.29) is 17.3 Å². The molecule has 1 aromatic heterocycles. The zero-order chi connectivity index (χ0) is 21.7. The van der Waals surface area contributed by atoms with Crippen LogP contribution in [0.1, 0.15) is 32.3 Å². The Morgan fingerprint density at radius 2 is 1.87 bits per heavy atom. The molecule has 0 spiro atoms. The van der Waals surface area contributed by atoms with E-state index in [0.29, 0.717) is 16.8 Å². The van der Waals surface area contributed by atoms with Crippen LogP contribution < -0.4 is 10.6 Å². The van der Waals surface area contributed by atoms with Gasteiger partial charge in [0.1, 0.15) is 12.1 Å². The average Bonchev–Trinajstić information content (AvgIpc) is 3.17. The normalized spacial score (nSPS) is 10.8. The van der Waals surface area contributed by atoms with Gasteiger partial charge in [-0.3, -0.25) is 14.2 Å². The maximum atomic E-state index is 13.7. The average molecular weight is 428 g/mol. The number of carbonyl (C=O) groups excluding carboxylic acids is 2. The Balaban J connectivity index is 1.63. The Labute approximate surface area is 178 Å². The number of carbonyl (C=O) groups is 2. The third kappa shape index (κ3) is 5.44. The molecule has 0 aliphatic heterocycles. The molecule has 3 rings (SSSR count). The Morgan fingerprint density at radius 3 is 2.53 bits per heavy atom. The molecule has 1 heterocycles. The number of rotatable bonds is 7. The lowest BCUT2D eigenvalue weighted by Gasteiger charge is -2.10. The highest BCUT2D eigenvalue weighted by molar-refractivity contribution is 7.99. The van der Waals surface area contributed by atoms with Gasteiger partial charge in [-0.05, 0) is 41.8 Å². The molecule has 0 unspecified atom stereocenters. The van der Waals surface area contributed by atoms with E-state index >= 15 is 0 Å². The maximum absolute atomic E-state index is 13.7. The van der Waals surface area contributed by atoms with Crippen LogP contribution >= 0.6 is 11.8 Å². The summed E-state index contributed by atoms with van der Waals surface area (Å²) >= 11 is 1.24. The summed E-state index contributed by atoms with van der Waals surface area (Å²) in [6, 6.07) is 12.1. The van der Waals surface area contributed by atoms with E-state index in [1.807, 2.05) is 16.7 Å². The van der Waals surface area contributed by atoms with Gasteiger partial charge in [0, 0.05) is 18.3 Å². The largest absolute Gasteiger partial charge is 0.325 e. The summed E-state index contributed by atoms with van der Waals surface area (Å²) in [5, 5.41) is 13.7. The molecule has 9 heteroatoms. The van der Waals surface area contributed by atoms with Crippen LogP contribution in [0.3, 0.4) is 0 Å². The maximum Gasteiger partial charge on any atom is 0.234 e. The van der Waals surface area contributed by atoms with Crippen molar-refractivity contribution >= 4 is 35.0 Å². The fourth-order valence-corrected chi connectivity index (χ4v) is 3.46. The van der Waals surface area contributed by atoms with Gasteiger partial charge in [0.05, 0.1) is 11.4 Å². The minimum absolute atomic E-state index is 0.0116. The lowest BCUT2D eigenvalue weighted by Crippen LogP contribution is -2.15. The second-order valence-electron chi connectivity index (χ2n) is 6.94. The van der Waals surface area contributed by atoms with E-state index in [4.69, 9.17) is 0 Å². The van der Waals surface area contributed by atoms with Crippen molar-refractivity contribution in [2.24, 2.45) is 0 Å². The third-order valence-corrected chi connectivity index (χ3v) is 5.19. The first-order chi connectivity index (χ1) is 14.3. The first-order valence-electron chi connectivity index (χ1n) is 9.33. The molecule has 156 valence electrons. The van der Waals surface area contributed by atoms with Gasteiger partial charge in [0.2, 0.25) is 11.8 Å². The van der Waals surface area contributed by atoms with Crippen molar-refractivity contribution in [3.8, 4) is 5.69 Å². The highest BCUT2D eigenvalue weighted by atomic mass is 32.2. The van der Waals surface area contributed by atoms with Crippen LogP contribution in [0.4, 0.5) is 15.8 Å². The molecule has 2 N–H and O–H groups in total. The van der Waals surface area contributed by atoms with Crippen molar-refractivity contribution in [3.63, 3.8) is 0 Å². The molecule has 0 aliphatic rings. The fraction of sp³-hybridized carbons (Fsp3) is 0.238. The highest BCUT2D eigenvalue weighted by Crippen LogP contribution is 2.23. The number of thioether (sulfide) groups is 1. The van der Waals surface area contributed by atoms with Crippen molar-refractivity contribution in [1.29, 1.82) is 0 Å². The van der Waals surface area contributed by atoms with Gasteiger partial charge in [0.25, 0.3) is 0 Å². The lowest BCUT2D eigenvalue weighted by molar-refractivity contribution is -0.114. The summed E-state index contributed by atoms with van der Waals surface area (Å²) < 4.78 is 15.5. The number of aromatic nitrogens is 3. The number of nitrogens with zero attached hydrogens (tertiary/aromatic N) is 3. The predicted molar refractivity (Wildman–Crippen MR) is 116 cm³/mol. The summed E-state index contributed by atoms with van der Waals surface area (Å²) in [5.41, 5.74) is 2.54. The van der Waals surface area contributed by atoms with Crippen molar-refractivity contribution in [3.05, 3.63) is 60.2 Å². The summed E-state index contributed by atoms with van der Waals surface area (Å²) in [4.78, 5) is 23.5. The summed E-state index contributed by atoms with van der Waals surface area (Å²) in [6.07, 6.45) is 1.60. The first-order valence-corrected chi connectivity index (χ1v) is 10.3. The Kier molecular flexibility index (Phi) is 6.83. The van der Waals surface area contributed by atoms with Crippen molar-refractivity contribution in [2.75, 3.05) is 16.4 Å². The van der Waals surface area contributed by atoms with E-state index in [0.717, 1.165) is 5.69 Å². The van der Waals surface area contributed by atoms with Crippen LogP contribution in [-0.4, -0.2) is 32.3 Å². The molecule has 0 saturated carbocycles. The Hall–Kier alpha value is -3.20. The van der Waals surface area contributed by atoms with Gasteiger partial charge in [-0.1, -0.05) is 37.7 Å². The molecule has 0 bridgehead atoms. The Bertz CT molecular complexity index is 1050. The number of amides is 2. The molecule has 0 atom stereocenters. The van der Waals surface area contributed by atoms with Crippen LogP contribution in [0.2, 0.25) is 0 Å². The number of benzene rings is 2. The molecular weight excluding hydrogens is 405 g/mol. The fourth-order valence-electron chi connectivity index (χ4n) is 2.74. The predicted octanol–water partition coefficient (Wildman–Crippen LogP) is 4.22. The Morgan fingerprint density at radius 1 is 1.13 bits per heavy atom. The summed E-state index contributed by atoms with van der Waals surface area (Å²) in [6.45, 7) is 5.55. The zero-order valence-electron chi connectivity index (χ0n) is 16.8. The molecule has 0 aliphatic carbocycles. The SMILES string of the molecule is CC(=O)Nc1cc(NC(=O)CSc2nncn2-c2ccc(C(C)C)cc2)ccc1F. The van der Waals surface area contributed by atoms with Crippen LogP contribution in [0.25, 0.3) is 5.69 Å². The second kappa shape index (κ2) is 9.53. The first kappa shape index (κ1) is 21.5. The molecule has 7 nitrogen and oxygen atoms in total. The van der Waals surface area contributed by atoms with E-state index in [1.54, 1.807) is 6.33 Å². The zero-order valence-corrected chi connectivity index (χ0v) is 17.7. The standard InChI is InChI=1S/C21H22FN5O2S/c1-13(2)15-4-7-17(8-5-15)27-12-23-26-21(27)30-11-20(29)25-16-6-9-18(22)19(10-16)24-14(3)28/h4-10,12-13H,11H2,1-3H3,(H,24,28)(H,25,29). The second-order valence-corrected chi connectivity index (χ2v) is 7.88. The van der Waals surface area contributed by atoms with E-state index < -0.39 is 11.7 Å². The molecule has 3 aromatic rings. The van der Waals surface area contributed by atoms with Gasteiger partial charge in [-0.2, -0.15) is 0 Å². The number of halogens is 1. The minimum atomic E-state index is -0.575. The number of hydrogen-bond donors (Lipinski definition) is 2. The topological polar surface area (TPSA) is 88.9 Å². The molecule has 0 radical (unpaired) electrons. The van der Waals surface area contributed by atoms with Crippen LogP contribution in [0.15, 0.2) is 53.9 Å². The number of nitrogens with one attached hydrogen (secondary N) is 2. The van der Waals surface area contributed by atoms with Gasteiger partial charge >= 0.3 is 0 Å². The number of anilines is 2. The van der Waals surface area contributed by atoms with E-state index in [1.165, 1.54) is 42.4 Å². The molecule has 0 fully saturated rings. The van der Waals surface area contributed by atoms with E-state index in [2.05, 4.69) is 46.8 Å². The van der Waals surface area contributed by atoms with Crippen LogP contribution in [0, 0.1) is 5.82 Å². The highest BCUT2D eigenvalue weighted by Gasteiger charge is 2.12. The molecule has 2 amide bonds. The monoisotopic (exact) mass is 427 g/mol. The van der Waals surface area contributed by atoms with Gasteiger partial charge in [-0.25, -0.2) is 4.39 Å². The smallest absolute Gasteiger partial charge is 0.234 e. The summed E-state index contributed by atoms with van der Waals surface area (Å²) in [5.74, 6) is -0.724. The quantitative estimate of drug-likeness (QED) is 0.551. The third-order valence-electron chi connectivity index (χ3n) is 4.25. The van der Waals surface area contributed by atoms with Gasteiger partial charge in [-0.15, -0.1) is 10.2 Å². The van der Waals surface area contributed by atoms with Crippen molar-refractivity contribution in [2.45, 2.75) is 31.8 Å². The van der Waals surface area contributed by atoms with Crippen molar-refractivity contribution < 1.29 is 14.0 Å². The molecular formula is C21H22FN5O2S. The summed E-state index contributed by atoms with van der Waals surface area (Å²) in [7, 11) is 0. The van der Waals surface area contributed by atoms with Gasteiger partial charge in [0.15, 0.2) is 5.16 Å². The molecule has 0 saturated heterocycles. The van der Waals surface area contributed by atoms with E-state index in [9.17, 15) is 14.0 Å². The van der Waals surface area contributed by atoms with Crippen molar-refractivity contribution in [1.82, 2.24) is 14.8 Å². The van der Waals surface area contributed by atoms with Crippen LogP contribution in [-0.2, 0) is 9.59 Å².